The molecule has 0 atom stereocenters. The van der Waals surface area contributed by atoms with E-state index in [1.54, 1.807) is 18.0 Å². The van der Waals surface area contributed by atoms with Gasteiger partial charge in [-0.1, -0.05) is 30.7 Å². The number of ether oxygens (including phenoxy) is 1. The number of aromatic nitrogens is 2. The van der Waals surface area contributed by atoms with Gasteiger partial charge in [0.05, 0.1) is 18.0 Å². The van der Waals surface area contributed by atoms with Crippen LogP contribution in [0.3, 0.4) is 0 Å². The third-order valence-electron chi connectivity index (χ3n) is 5.48. The first-order chi connectivity index (χ1) is 14.6. The molecule has 0 radical (unpaired) electrons. The number of fused-ring (bicyclic) bond motifs is 1. The van der Waals surface area contributed by atoms with Gasteiger partial charge in [0, 0.05) is 19.2 Å². The van der Waals surface area contributed by atoms with Crippen LogP contribution in [-0.2, 0) is 13.0 Å². The molecule has 1 aliphatic rings. The molecule has 0 aliphatic carbocycles. The predicted octanol–water partition coefficient (Wildman–Crippen LogP) is 5.09. The van der Waals surface area contributed by atoms with Crippen LogP contribution in [0, 0.1) is 5.82 Å². The second-order valence-electron chi connectivity index (χ2n) is 7.47. The highest BCUT2D eigenvalue weighted by Crippen LogP contribution is 2.31. The molecule has 0 spiro atoms. The fourth-order valence-electron chi connectivity index (χ4n) is 4.02. The Balaban J connectivity index is 1.78. The van der Waals surface area contributed by atoms with Gasteiger partial charge in [-0.3, -0.25) is 4.79 Å². The molecule has 3 aromatic rings. The second kappa shape index (κ2) is 8.69. The number of anilines is 1. The Hall–Kier alpha value is -3.15. The van der Waals surface area contributed by atoms with Gasteiger partial charge in [0.1, 0.15) is 17.4 Å². The van der Waals surface area contributed by atoms with Gasteiger partial charge in [0.15, 0.2) is 5.69 Å². The molecular weight excluding hydrogens is 381 g/mol. The van der Waals surface area contributed by atoms with Crippen molar-refractivity contribution in [3.63, 3.8) is 0 Å². The molecule has 5 nitrogen and oxygen atoms in total. The highest BCUT2D eigenvalue weighted by molar-refractivity contribution is 6.06. The van der Waals surface area contributed by atoms with Crippen molar-refractivity contribution >= 4 is 11.6 Å². The van der Waals surface area contributed by atoms with Gasteiger partial charge in [-0.2, -0.15) is 0 Å². The van der Waals surface area contributed by atoms with Crippen molar-refractivity contribution in [3.8, 4) is 17.1 Å². The molecule has 0 unspecified atom stereocenters. The Morgan fingerprint density at radius 1 is 1.17 bits per heavy atom. The summed E-state index contributed by atoms with van der Waals surface area (Å²) in [5, 5.41) is 0. The zero-order chi connectivity index (χ0) is 21.1. The van der Waals surface area contributed by atoms with Crippen LogP contribution in [0.5, 0.6) is 5.75 Å². The van der Waals surface area contributed by atoms with Crippen molar-refractivity contribution in [2.75, 3.05) is 18.6 Å². The summed E-state index contributed by atoms with van der Waals surface area (Å²) in [7, 11) is 1.74. The number of halogens is 1. The molecule has 1 aliphatic heterocycles. The number of carbonyl (C=O) groups is 1. The van der Waals surface area contributed by atoms with E-state index in [4.69, 9.17) is 9.72 Å². The zero-order valence-electron chi connectivity index (χ0n) is 17.4. The average Bonchev–Trinajstić information content (AvgIpc) is 2.94. The van der Waals surface area contributed by atoms with Gasteiger partial charge in [-0.15, -0.1) is 0 Å². The van der Waals surface area contributed by atoms with Gasteiger partial charge in [0.25, 0.3) is 5.91 Å². The van der Waals surface area contributed by atoms with Gasteiger partial charge >= 0.3 is 0 Å². The van der Waals surface area contributed by atoms with E-state index in [-0.39, 0.29) is 11.7 Å². The lowest BCUT2D eigenvalue weighted by Crippen LogP contribution is -2.28. The summed E-state index contributed by atoms with van der Waals surface area (Å²) in [5.41, 5.74) is 2.75. The number of nitrogens with zero attached hydrogens (tertiary/aromatic N) is 3. The number of carbonyl (C=O) groups excluding carboxylic acids is 1. The van der Waals surface area contributed by atoms with Crippen molar-refractivity contribution in [1.29, 1.82) is 0 Å². The first-order valence-electron chi connectivity index (χ1n) is 10.5. The van der Waals surface area contributed by atoms with E-state index in [0.29, 0.717) is 35.1 Å². The maximum Gasteiger partial charge on any atom is 0.278 e. The van der Waals surface area contributed by atoms with Crippen LogP contribution in [-0.4, -0.2) is 29.1 Å². The lowest BCUT2D eigenvalue weighted by Gasteiger charge is -2.20. The van der Waals surface area contributed by atoms with Crippen LogP contribution in [0.1, 0.15) is 42.4 Å². The van der Waals surface area contributed by atoms with Crippen molar-refractivity contribution in [3.05, 3.63) is 65.7 Å². The smallest absolute Gasteiger partial charge is 0.278 e. The van der Waals surface area contributed by atoms with Crippen LogP contribution < -0.4 is 9.64 Å². The predicted molar refractivity (Wildman–Crippen MR) is 116 cm³/mol. The van der Waals surface area contributed by atoms with E-state index in [9.17, 15) is 9.18 Å². The number of amides is 1. The number of para-hydroxylation sites is 2. The Morgan fingerprint density at radius 3 is 2.80 bits per heavy atom. The van der Waals surface area contributed by atoms with Crippen molar-refractivity contribution in [2.24, 2.45) is 0 Å². The molecule has 0 fully saturated rings. The molecule has 0 N–H and O–H groups in total. The quantitative estimate of drug-likeness (QED) is 0.592. The Bertz CT molecular complexity index is 1060. The number of benzene rings is 2. The molecule has 2 aromatic carbocycles. The monoisotopic (exact) mass is 407 g/mol. The van der Waals surface area contributed by atoms with E-state index < -0.39 is 0 Å². The highest BCUT2D eigenvalue weighted by atomic mass is 19.1. The van der Waals surface area contributed by atoms with Crippen LogP contribution >= 0.6 is 0 Å². The first kappa shape index (κ1) is 20.1. The topological polar surface area (TPSA) is 47.4 Å². The number of hydrogen-bond acceptors (Lipinski definition) is 3. The molecule has 6 heteroatoms. The number of hydrogen-bond donors (Lipinski definition) is 0. The summed E-state index contributed by atoms with van der Waals surface area (Å²) in [6, 6.07) is 13.9. The maximum absolute atomic E-state index is 13.9. The summed E-state index contributed by atoms with van der Waals surface area (Å²) >= 11 is 0. The summed E-state index contributed by atoms with van der Waals surface area (Å²) < 4.78 is 21.7. The third kappa shape index (κ3) is 3.82. The second-order valence-corrected chi connectivity index (χ2v) is 7.47. The van der Waals surface area contributed by atoms with Crippen molar-refractivity contribution in [2.45, 2.75) is 39.2 Å². The molecule has 0 bridgehead atoms. The molecule has 156 valence electrons. The molecule has 0 saturated carbocycles. The Morgan fingerprint density at radius 2 is 2.00 bits per heavy atom. The standard InChI is InChI=1S/C24H26FN3O2/c1-3-30-21-14-7-6-12-19(21)27(2)24(29)22-20-13-5-4-8-15-28(20)23(26-22)17-10-9-11-18(25)16-17/h6-7,9-12,14,16H,3-5,8,13,15H2,1-2H3. The molecule has 4 rings (SSSR count). The number of imidazole rings is 1. The normalized spacial score (nSPS) is 13.4. The maximum atomic E-state index is 13.9. The largest absolute Gasteiger partial charge is 0.492 e. The molecule has 1 amide bonds. The minimum atomic E-state index is -0.311. The highest BCUT2D eigenvalue weighted by Gasteiger charge is 2.27. The molecule has 1 aromatic heterocycles. The van der Waals surface area contributed by atoms with E-state index in [1.165, 1.54) is 12.1 Å². The van der Waals surface area contributed by atoms with Crippen LogP contribution in [0.25, 0.3) is 11.4 Å². The van der Waals surface area contributed by atoms with E-state index in [2.05, 4.69) is 4.57 Å². The van der Waals surface area contributed by atoms with E-state index >= 15 is 0 Å². The number of rotatable bonds is 5. The minimum Gasteiger partial charge on any atom is -0.492 e. The zero-order valence-corrected chi connectivity index (χ0v) is 17.4. The van der Waals surface area contributed by atoms with Gasteiger partial charge in [-0.05, 0) is 50.5 Å². The molecule has 30 heavy (non-hydrogen) atoms. The average molecular weight is 407 g/mol. The minimum absolute atomic E-state index is 0.185. The molecule has 0 saturated heterocycles. The van der Waals surface area contributed by atoms with Gasteiger partial charge in [0.2, 0.25) is 0 Å². The lowest BCUT2D eigenvalue weighted by atomic mass is 10.1. The first-order valence-corrected chi connectivity index (χ1v) is 10.5. The summed E-state index contributed by atoms with van der Waals surface area (Å²) in [4.78, 5) is 19.8. The molecule has 2 heterocycles. The van der Waals surface area contributed by atoms with E-state index in [1.807, 2.05) is 37.3 Å². The van der Waals surface area contributed by atoms with Gasteiger partial charge < -0.3 is 14.2 Å². The van der Waals surface area contributed by atoms with Crippen molar-refractivity contribution in [1.82, 2.24) is 9.55 Å². The molecular formula is C24H26FN3O2. The SMILES string of the molecule is CCOc1ccccc1N(C)C(=O)c1nc(-c2cccc(F)c2)n2c1CCCCC2. The van der Waals surface area contributed by atoms with Crippen LogP contribution in [0.15, 0.2) is 48.5 Å². The van der Waals surface area contributed by atoms with Crippen LogP contribution in [0.4, 0.5) is 10.1 Å². The third-order valence-corrected chi connectivity index (χ3v) is 5.48. The Labute approximate surface area is 176 Å². The summed E-state index contributed by atoms with van der Waals surface area (Å²) in [6.07, 6.45) is 3.90. The van der Waals surface area contributed by atoms with Crippen LogP contribution in [0.2, 0.25) is 0 Å². The lowest BCUT2D eigenvalue weighted by molar-refractivity contribution is 0.0987. The Kier molecular flexibility index (Phi) is 5.84. The van der Waals surface area contributed by atoms with E-state index in [0.717, 1.165) is 37.9 Å². The summed E-state index contributed by atoms with van der Waals surface area (Å²) in [6.45, 7) is 3.21. The van der Waals surface area contributed by atoms with Crippen molar-refractivity contribution < 1.29 is 13.9 Å². The van der Waals surface area contributed by atoms with Gasteiger partial charge in [-0.25, -0.2) is 9.37 Å². The summed E-state index contributed by atoms with van der Waals surface area (Å²) in [5.74, 6) is 0.817. The fourth-order valence-corrected chi connectivity index (χ4v) is 4.02. The fraction of sp³-hybridized carbons (Fsp3) is 0.333.